The third kappa shape index (κ3) is 4.86. The highest BCUT2D eigenvalue weighted by molar-refractivity contribution is 5.91. The fourth-order valence-corrected chi connectivity index (χ4v) is 4.30. The van der Waals surface area contributed by atoms with Gasteiger partial charge in [-0.25, -0.2) is 0 Å². The number of hydrogen-bond donors (Lipinski definition) is 0. The van der Waals surface area contributed by atoms with Crippen LogP contribution in [0.3, 0.4) is 0 Å². The van der Waals surface area contributed by atoms with E-state index < -0.39 is 0 Å². The Morgan fingerprint density at radius 1 is 1.20 bits per heavy atom. The first kappa shape index (κ1) is 20.5. The number of hydrogen-bond acceptors (Lipinski definition) is 6. The molecule has 4 rings (SSSR count). The molecule has 2 aliphatic heterocycles. The molecule has 0 saturated carbocycles. The summed E-state index contributed by atoms with van der Waals surface area (Å²) >= 11 is 0. The highest BCUT2D eigenvalue weighted by Gasteiger charge is 2.24. The van der Waals surface area contributed by atoms with Crippen molar-refractivity contribution in [3.05, 3.63) is 47.3 Å². The topological polar surface area (TPSA) is 87.3 Å². The van der Waals surface area contributed by atoms with Gasteiger partial charge < -0.3 is 9.64 Å². The molecule has 1 amide bonds. The fourth-order valence-electron chi connectivity index (χ4n) is 4.30. The second kappa shape index (κ2) is 9.83. The largest absolute Gasteiger partial charge is 0.378 e. The zero-order valence-electron chi connectivity index (χ0n) is 17.2. The van der Waals surface area contributed by atoms with Crippen LogP contribution in [-0.2, 0) is 17.8 Å². The predicted octanol–water partition coefficient (Wildman–Crippen LogP) is 2.07. The number of rotatable bonds is 6. The number of aromatic nitrogens is 3. The molecule has 1 aromatic carbocycles. The quantitative estimate of drug-likeness (QED) is 0.727. The van der Waals surface area contributed by atoms with Gasteiger partial charge in [0.25, 0.3) is 5.91 Å². The maximum absolute atomic E-state index is 12.6. The van der Waals surface area contributed by atoms with Crippen LogP contribution < -0.4 is 0 Å². The van der Waals surface area contributed by atoms with Crippen LogP contribution in [0.4, 0.5) is 0 Å². The van der Waals surface area contributed by atoms with Gasteiger partial charge in [0.2, 0.25) is 0 Å². The first-order valence-corrected chi connectivity index (χ1v) is 10.7. The Hall–Kier alpha value is -2.76. The Morgan fingerprint density at radius 2 is 2.03 bits per heavy atom. The van der Waals surface area contributed by atoms with Crippen molar-refractivity contribution in [2.45, 2.75) is 44.8 Å². The van der Waals surface area contributed by atoms with Gasteiger partial charge in [-0.15, -0.1) is 5.10 Å². The number of aryl methyl sites for hydroxylation is 1. The second-order valence-electron chi connectivity index (χ2n) is 7.95. The van der Waals surface area contributed by atoms with Crippen LogP contribution >= 0.6 is 0 Å². The predicted molar refractivity (Wildman–Crippen MR) is 111 cm³/mol. The van der Waals surface area contributed by atoms with Gasteiger partial charge in [-0.05, 0) is 37.4 Å². The smallest absolute Gasteiger partial charge is 0.276 e. The van der Waals surface area contributed by atoms with E-state index in [0.29, 0.717) is 38.0 Å². The van der Waals surface area contributed by atoms with Gasteiger partial charge in [0.05, 0.1) is 31.0 Å². The molecule has 0 bridgehead atoms. The summed E-state index contributed by atoms with van der Waals surface area (Å²) in [7, 11) is 0. The first-order chi connectivity index (χ1) is 14.7. The van der Waals surface area contributed by atoms with Crippen LogP contribution in [0.15, 0.2) is 30.5 Å². The number of carbonyl (C=O) groups excluding carboxylic acids is 1. The van der Waals surface area contributed by atoms with E-state index in [1.165, 1.54) is 12.8 Å². The number of likely N-dealkylation sites (tertiary alicyclic amines) is 1. The summed E-state index contributed by atoms with van der Waals surface area (Å²) in [4.78, 5) is 16.8. The highest BCUT2D eigenvalue weighted by atomic mass is 16.5. The molecule has 1 atom stereocenters. The number of benzene rings is 1. The summed E-state index contributed by atoms with van der Waals surface area (Å²) in [6.45, 7) is 4.93. The third-order valence-electron chi connectivity index (χ3n) is 6.01. The summed E-state index contributed by atoms with van der Waals surface area (Å²) in [6.07, 6.45) is 6.26. The molecule has 0 N–H and O–H groups in total. The number of ether oxygens (including phenoxy) is 1. The van der Waals surface area contributed by atoms with Crippen molar-refractivity contribution < 1.29 is 9.53 Å². The van der Waals surface area contributed by atoms with Crippen LogP contribution in [0.2, 0.25) is 0 Å². The summed E-state index contributed by atoms with van der Waals surface area (Å²) in [5.74, 6) is -0.0723. The second-order valence-corrected chi connectivity index (χ2v) is 7.95. The third-order valence-corrected chi connectivity index (χ3v) is 6.01. The Morgan fingerprint density at radius 3 is 2.87 bits per heavy atom. The molecular weight excluding hydrogens is 380 g/mol. The van der Waals surface area contributed by atoms with Crippen LogP contribution in [0, 0.1) is 11.3 Å². The van der Waals surface area contributed by atoms with E-state index in [-0.39, 0.29) is 5.91 Å². The van der Waals surface area contributed by atoms with E-state index in [1.807, 2.05) is 24.3 Å². The summed E-state index contributed by atoms with van der Waals surface area (Å²) in [6, 6.07) is 10.6. The minimum atomic E-state index is -0.0723. The number of nitrogens with zero attached hydrogens (tertiary/aromatic N) is 6. The fraction of sp³-hybridized carbons (Fsp3) is 0.545. The van der Waals surface area contributed by atoms with Gasteiger partial charge in [0.1, 0.15) is 0 Å². The summed E-state index contributed by atoms with van der Waals surface area (Å²) in [5, 5.41) is 17.7. The molecule has 2 aliphatic rings. The lowest BCUT2D eigenvalue weighted by atomic mass is 9.97. The van der Waals surface area contributed by atoms with Crippen molar-refractivity contribution in [2.24, 2.45) is 0 Å². The molecule has 30 heavy (non-hydrogen) atoms. The minimum absolute atomic E-state index is 0.0723. The van der Waals surface area contributed by atoms with Gasteiger partial charge >= 0.3 is 0 Å². The van der Waals surface area contributed by atoms with Crippen LogP contribution in [-0.4, -0.2) is 69.6 Å². The molecule has 158 valence electrons. The van der Waals surface area contributed by atoms with Crippen LogP contribution in [0.25, 0.3) is 0 Å². The van der Waals surface area contributed by atoms with Crippen molar-refractivity contribution in [1.29, 1.82) is 5.26 Å². The summed E-state index contributed by atoms with van der Waals surface area (Å²) < 4.78 is 7.09. The van der Waals surface area contributed by atoms with Crippen molar-refractivity contribution in [3.8, 4) is 6.07 Å². The minimum Gasteiger partial charge on any atom is -0.378 e. The van der Waals surface area contributed by atoms with E-state index in [2.05, 4.69) is 21.3 Å². The van der Waals surface area contributed by atoms with Crippen LogP contribution in [0.5, 0.6) is 0 Å². The SMILES string of the molecule is N#Cc1ccccc1CN1CCCCC1CCn1cc(C(=O)N2CCOCC2)nn1. The van der Waals surface area contributed by atoms with Crippen molar-refractivity contribution in [1.82, 2.24) is 24.8 Å². The lowest BCUT2D eigenvalue weighted by Gasteiger charge is -2.36. The maximum atomic E-state index is 12.6. The number of carbonyl (C=O) groups is 1. The molecule has 2 fully saturated rings. The number of piperidine rings is 1. The van der Waals surface area contributed by atoms with Crippen molar-refractivity contribution in [2.75, 3.05) is 32.8 Å². The monoisotopic (exact) mass is 408 g/mol. The Bertz CT molecular complexity index is 899. The Kier molecular flexibility index (Phi) is 6.72. The number of nitriles is 1. The molecule has 1 unspecified atom stereocenters. The van der Waals surface area contributed by atoms with E-state index in [1.54, 1.807) is 15.8 Å². The summed E-state index contributed by atoms with van der Waals surface area (Å²) in [5.41, 5.74) is 2.25. The van der Waals surface area contributed by atoms with Gasteiger partial charge in [-0.1, -0.05) is 29.8 Å². The lowest BCUT2D eigenvalue weighted by Crippen LogP contribution is -2.40. The normalized spacial score (nSPS) is 20.1. The van der Waals surface area contributed by atoms with Crippen molar-refractivity contribution >= 4 is 5.91 Å². The number of amides is 1. The standard InChI is InChI=1S/C22H28N6O2/c23-15-18-5-1-2-6-19(18)16-27-9-4-3-7-20(27)8-10-28-17-21(24-25-28)22(29)26-11-13-30-14-12-26/h1-2,5-6,17,20H,3-4,7-14,16H2. The van der Waals surface area contributed by atoms with Crippen molar-refractivity contribution in [3.63, 3.8) is 0 Å². The van der Waals surface area contributed by atoms with E-state index in [0.717, 1.165) is 43.6 Å². The molecule has 3 heterocycles. The molecule has 0 spiro atoms. The Labute approximate surface area is 177 Å². The molecular formula is C22H28N6O2. The molecule has 8 nitrogen and oxygen atoms in total. The average molecular weight is 409 g/mol. The zero-order valence-corrected chi connectivity index (χ0v) is 17.2. The molecule has 2 aromatic rings. The molecule has 2 saturated heterocycles. The average Bonchev–Trinajstić information content (AvgIpc) is 3.28. The highest BCUT2D eigenvalue weighted by Crippen LogP contribution is 2.23. The number of morpholine rings is 1. The first-order valence-electron chi connectivity index (χ1n) is 10.7. The van der Waals surface area contributed by atoms with Gasteiger partial charge in [0.15, 0.2) is 5.69 Å². The molecule has 1 aromatic heterocycles. The molecule has 0 aliphatic carbocycles. The lowest BCUT2D eigenvalue weighted by molar-refractivity contribution is 0.0299. The van der Waals surface area contributed by atoms with Gasteiger partial charge in [0, 0.05) is 32.2 Å². The zero-order chi connectivity index (χ0) is 20.8. The molecule has 0 radical (unpaired) electrons. The maximum Gasteiger partial charge on any atom is 0.276 e. The van der Waals surface area contributed by atoms with Gasteiger partial charge in [-0.3, -0.25) is 14.4 Å². The van der Waals surface area contributed by atoms with E-state index >= 15 is 0 Å². The van der Waals surface area contributed by atoms with E-state index in [9.17, 15) is 10.1 Å². The molecule has 8 heteroatoms. The van der Waals surface area contributed by atoms with Gasteiger partial charge in [-0.2, -0.15) is 5.26 Å². The Balaban J connectivity index is 1.35. The van der Waals surface area contributed by atoms with E-state index in [4.69, 9.17) is 4.74 Å². The van der Waals surface area contributed by atoms with Crippen LogP contribution in [0.1, 0.15) is 47.3 Å².